The number of carbonyl (C=O) groups excluding carboxylic acids is 3. The lowest BCUT2D eigenvalue weighted by atomic mass is 10.2. The second-order valence-electron chi connectivity index (χ2n) is 5.67. The molecule has 0 aliphatic carbocycles. The van der Waals surface area contributed by atoms with Crippen LogP contribution in [0.15, 0.2) is 53.6 Å². The average Bonchev–Trinajstić information content (AvgIpc) is 2.73. The number of ether oxygens (including phenoxy) is 2. The molecule has 0 spiro atoms. The van der Waals surface area contributed by atoms with Crippen molar-refractivity contribution in [3.8, 4) is 11.5 Å². The maximum absolute atomic E-state index is 12.0. The van der Waals surface area contributed by atoms with Gasteiger partial charge in [-0.2, -0.15) is 5.10 Å². The molecule has 0 atom stereocenters. The highest BCUT2D eigenvalue weighted by molar-refractivity contribution is 6.35. The van der Waals surface area contributed by atoms with E-state index in [1.807, 2.05) is 18.2 Å². The van der Waals surface area contributed by atoms with Gasteiger partial charge in [0, 0.05) is 12.2 Å². The van der Waals surface area contributed by atoms with Crippen LogP contribution in [0.2, 0.25) is 0 Å². The highest BCUT2D eigenvalue weighted by Gasteiger charge is 2.11. The lowest BCUT2D eigenvalue weighted by Gasteiger charge is -2.11. The van der Waals surface area contributed by atoms with E-state index in [9.17, 15) is 14.4 Å². The van der Waals surface area contributed by atoms with Crippen LogP contribution in [0.1, 0.15) is 12.5 Å². The summed E-state index contributed by atoms with van der Waals surface area (Å²) in [5, 5.41) is 8.81. The van der Waals surface area contributed by atoms with Crippen LogP contribution in [0, 0.1) is 0 Å². The van der Waals surface area contributed by atoms with Crippen molar-refractivity contribution in [1.82, 2.24) is 10.7 Å². The first-order chi connectivity index (χ1) is 14.0. The first kappa shape index (κ1) is 21.4. The molecule has 0 saturated carbocycles. The molecule has 0 fully saturated rings. The van der Waals surface area contributed by atoms with E-state index in [1.165, 1.54) is 13.3 Å². The van der Waals surface area contributed by atoms with Gasteiger partial charge in [-0.15, -0.1) is 0 Å². The topological polar surface area (TPSA) is 118 Å². The van der Waals surface area contributed by atoms with Crippen LogP contribution in [0.4, 0.5) is 5.69 Å². The summed E-state index contributed by atoms with van der Waals surface area (Å²) in [5.41, 5.74) is 3.40. The van der Waals surface area contributed by atoms with Crippen molar-refractivity contribution in [2.24, 2.45) is 5.10 Å². The summed E-state index contributed by atoms with van der Waals surface area (Å²) in [7, 11) is 1.46. The quantitative estimate of drug-likeness (QED) is 0.352. The van der Waals surface area contributed by atoms with Crippen LogP contribution >= 0.6 is 0 Å². The van der Waals surface area contributed by atoms with Crippen molar-refractivity contribution >= 4 is 29.6 Å². The van der Waals surface area contributed by atoms with E-state index in [2.05, 4.69) is 21.2 Å². The standard InChI is InChI=1S/C20H22N4O5/c1-3-21-19(26)20(27)24-22-12-14-9-10-16(17(11-14)28-2)29-13-18(25)23-15-7-5-4-6-8-15/h4-12H,3,13H2,1-2H3,(H,21,26)(H,23,25)(H,24,27)/b22-12-. The minimum Gasteiger partial charge on any atom is -0.493 e. The summed E-state index contributed by atoms with van der Waals surface area (Å²) in [6.45, 7) is 1.86. The fraction of sp³-hybridized carbons (Fsp3) is 0.200. The summed E-state index contributed by atoms with van der Waals surface area (Å²) >= 11 is 0. The highest BCUT2D eigenvalue weighted by atomic mass is 16.5. The SMILES string of the molecule is CCNC(=O)C(=O)N/N=C\c1ccc(OCC(=O)Nc2ccccc2)c(OC)c1. The van der Waals surface area contributed by atoms with Crippen molar-refractivity contribution in [2.45, 2.75) is 6.92 Å². The Hall–Kier alpha value is -3.88. The molecular formula is C20H22N4O5. The number of benzene rings is 2. The lowest BCUT2D eigenvalue weighted by Crippen LogP contribution is -2.37. The number of para-hydroxylation sites is 1. The van der Waals surface area contributed by atoms with Crippen molar-refractivity contribution < 1.29 is 23.9 Å². The molecule has 152 valence electrons. The van der Waals surface area contributed by atoms with E-state index in [1.54, 1.807) is 37.3 Å². The Bertz CT molecular complexity index is 884. The molecule has 0 radical (unpaired) electrons. The maximum Gasteiger partial charge on any atom is 0.329 e. The molecule has 3 amide bonds. The molecule has 29 heavy (non-hydrogen) atoms. The highest BCUT2D eigenvalue weighted by Crippen LogP contribution is 2.27. The first-order valence-electron chi connectivity index (χ1n) is 8.80. The molecule has 2 rings (SSSR count). The largest absolute Gasteiger partial charge is 0.493 e. The molecule has 9 nitrogen and oxygen atoms in total. The van der Waals surface area contributed by atoms with E-state index in [4.69, 9.17) is 9.47 Å². The summed E-state index contributed by atoms with van der Waals surface area (Å²) in [6, 6.07) is 13.9. The van der Waals surface area contributed by atoms with Crippen LogP contribution in [-0.4, -0.2) is 44.2 Å². The first-order valence-corrected chi connectivity index (χ1v) is 8.80. The second-order valence-corrected chi connectivity index (χ2v) is 5.67. The Morgan fingerprint density at radius 2 is 1.79 bits per heavy atom. The van der Waals surface area contributed by atoms with Gasteiger partial charge in [0.2, 0.25) is 0 Å². The number of hydrogen-bond acceptors (Lipinski definition) is 6. The third-order valence-corrected chi connectivity index (χ3v) is 3.53. The Kier molecular flexibility index (Phi) is 8.18. The van der Waals surface area contributed by atoms with Crippen LogP contribution in [0.3, 0.4) is 0 Å². The van der Waals surface area contributed by atoms with Gasteiger partial charge in [0.1, 0.15) is 0 Å². The smallest absolute Gasteiger partial charge is 0.329 e. The van der Waals surface area contributed by atoms with Crippen LogP contribution in [-0.2, 0) is 14.4 Å². The normalized spacial score (nSPS) is 10.3. The zero-order valence-corrected chi connectivity index (χ0v) is 16.1. The number of amides is 3. The number of nitrogens with zero attached hydrogens (tertiary/aromatic N) is 1. The monoisotopic (exact) mass is 398 g/mol. The minimum absolute atomic E-state index is 0.193. The summed E-state index contributed by atoms with van der Waals surface area (Å²) in [6.07, 6.45) is 1.35. The fourth-order valence-corrected chi connectivity index (χ4v) is 2.20. The van der Waals surface area contributed by atoms with E-state index in [0.29, 0.717) is 29.3 Å². The number of methoxy groups -OCH3 is 1. The Balaban J connectivity index is 1.92. The molecule has 0 unspecified atom stereocenters. The number of nitrogens with one attached hydrogen (secondary N) is 3. The number of rotatable bonds is 8. The van der Waals surface area contributed by atoms with Gasteiger partial charge in [-0.3, -0.25) is 14.4 Å². The molecule has 2 aromatic rings. The summed E-state index contributed by atoms with van der Waals surface area (Å²) in [5.74, 6) is -1.17. The molecule has 0 aliphatic heterocycles. The molecule has 2 aromatic carbocycles. The van der Waals surface area contributed by atoms with Crippen molar-refractivity contribution in [3.63, 3.8) is 0 Å². The molecule has 0 aromatic heterocycles. The molecule has 0 saturated heterocycles. The number of hydrogen-bond donors (Lipinski definition) is 3. The zero-order valence-electron chi connectivity index (χ0n) is 16.1. The van der Waals surface area contributed by atoms with Crippen LogP contribution in [0.5, 0.6) is 11.5 Å². The van der Waals surface area contributed by atoms with Crippen LogP contribution < -0.4 is 25.5 Å². The molecule has 0 heterocycles. The van der Waals surface area contributed by atoms with Gasteiger partial charge in [0.15, 0.2) is 18.1 Å². The van der Waals surface area contributed by atoms with E-state index >= 15 is 0 Å². The second kappa shape index (κ2) is 11.1. The van der Waals surface area contributed by atoms with Crippen molar-refractivity contribution in [3.05, 3.63) is 54.1 Å². The van der Waals surface area contributed by atoms with E-state index < -0.39 is 11.8 Å². The predicted octanol–water partition coefficient (Wildman–Crippen LogP) is 1.30. The van der Waals surface area contributed by atoms with Gasteiger partial charge in [-0.1, -0.05) is 18.2 Å². The summed E-state index contributed by atoms with van der Waals surface area (Å²) < 4.78 is 10.8. The van der Waals surface area contributed by atoms with Crippen molar-refractivity contribution in [2.75, 3.05) is 25.6 Å². The maximum atomic E-state index is 12.0. The number of anilines is 1. The van der Waals surface area contributed by atoms with Gasteiger partial charge >= 0.3 is 11.8 Å². The predicted molar refractivity (Wildman–Crippen MR) is 108 cm³/mol. The number of hydrazone groups is 1. The third kappa shape index (κ3) is 6.98. The molecule has 0 aliphatic rings. The Labute approximate surface area is 168 Å². The molecular weight excluding hydrogens is 376 g/mol. The van der Waals surface area contributed by atoms with Gasteiger partial charge in [-0.05, 0) is 42.8 Å². The summed E-state index contributed by atoms with van der Waals surface area (Å²) in [4.78, 5) is 34.8. The fourth-order valence-electron chi connectivity index (χ4n) is 2.20. The van der Waals surface area contributed by atoms with Gasteiger partial charge in [-0.25, -0.2) is 5.43 Å². The number of likely N-dealkylation sites (N-methyl/N-ethyl adjacent to an activating group) is 1. The average molecular weight is 398 g/mol. The Morgan fingerprint density at radius 3 is 2.48 bits per heavy atom. The Morgan fingerprint density at radius 1 is 1.03 bits per heavy atom. The third-order valence-electron chi connectivity index (χ3n) is 3.53. The van der Waals surface area contributed by atoms with Crippen LogP contribution in [0.25, 0.3) is 0 Å². The van der Waals surface area contributed by atoms with E-state index in [-0.39, 0.29) is 12.5 Å². The lowest BCUT2D eigenvalue weighted by molar-refractivity contribution is -0.139. The number of carbonyl (C=O) groups is 3. The van der Waals surface area contributed by atoms with Gasteiger partial charge in [0.05, 0.1) is 13.3 Å². The van der Waals surface area contributed by atoms with Crippen molar-refractivity contribution in [1.29, 1.82) is 0 Å². The molecule has 0 bridgehead atoms. The molecule has 9 heteroatoms. The zero-order chi connectivity index (χ0) is 21.1. The minimum atomic E-state index is -0.862. The van der Waals surface area contributed by atoms with E-state index in [0.717, 1.165) is 0 Å². The van der Waals surface area contributed by atoms with Gasteiger partial charge < -0.3 is 20.1 Å². The van der Waals surface area contributed by atoms with Gasteiger partial charge in [0.25, 0.3) is 5.91 Å². The molecule has 3 N–H and O–H groups in total.